The van der Waals surface area contributed by atoms with E-state index >= 15 is 0 Å². The first-order valence-corrected chi connectivity index (χ1v) is 7.87. The van der Waals surface area contributed by atoms with Crippen LogP contribution in [-0.2, 0) is 14.3 Å². The Bertz CT molecular complexity index is 570. The summed E-state index contributed by atoms with van der Waals surface area (Å²) < 4.78 is 18.9. The van der Waals surface area contributed by atoms with Crippen molar-refractivity contribution in [1.29, 1.82) is 0 Å². The Hall–Kier alpha value is -1.95. The largest absolute Gasteiger partial charge is 0.479 e. The van der Waals surface area contributed by atoms with E-state index in [0.717, 1.165) is 25.9 Å². The Labute approximate surface area is 134 Å². The Morgan fingerprint density at radius 1 is 1.43 bits per heavy atom. The van der Waals surface area contributed by atoms with E-state index in [-0.39, 0.29) is 18.4 Å². The molecule has 0 bridgehead atoms. The van der Waals surface area contributed by atoms with Gasteiger partial charge < -0.3 is 15.2 Å². The van der Waals surface area contributed by atoms with Gasteiger partial charge in [0.05, 0.1) is 6.10 Å². The molecule has 0 aliphatic carbocycles. The van der Waals surface area contributed by atoms with Crippen molar-refractivity contribution in [2.45, 2.75) is 51.2 Å². The molecule has 1 saturated heterocycles. The average molecular weight is 323 g/mol. The Morgan fingerprint density at radius 3 is 2.83 bits per heavy atom. The van der Waals surface area contributed by atoms with Crippen molar-refractivity contribution in [2.24, 2.45) is 0 Å². The fourth-order valence-electron chi connectivity index (χ4n) is 2.70. The number of carbonyl (C=O) groups excluding carboxylic acids is 1. The van der Waals surface area contributed by atoms with Crippen LogP contribution in [0, 0.1) is 12.7 Å². The molecule has 0 spiro atoms. The van der Waals surface area contributed by atoms with Crippen LogP contribution >= 0.6 is 0 Å². The lowest BCUT2D eigenvalue weighted by Crippen LogP contribution is -2.34. The van der Waals surface area contributed by atoms with Crippen molar-refractivity contribution < 1.29 is 23.8 Å². The van der Waals surface area contributed by atoms with Crippen LogP contribution < -0.4 is 5.32 Å². The molecule has 1 aliphatic rings. The van der Waals surface area contributed by atoms with Gasteiger partial charge in [-0.15, -0.1) is 0 Å². The van der Waals surface area contributed by atoms with Gasteiger partial charge in [0, 0.05) is 13.0 Å². The summed E-state index contributed by atoms with van der Waals surface area (Å²) in [5.41, 5.74) is 0.706. The van der Waals surface area contributed by atoms with Crippen LogP contribution in [0.4, 0.5) is 4.39 Å². The van der Waals surface area contributed by atoms with Gasteiger partial charge in [-0.3, -0.25) is 4.79 Å². The molecule has 1 heterocycles. The van der Waals surface area contributed by atoms with Gasteiger partial charge in [-0.05, 0) is 49.8 Å². The molecule has 0 aromatic heterocycles. The van der Waals surface area contributed by atoms with Gasteiger partial charge in [0.1, 0.15) is 5.82 Å². The number of carboxylic acids is 1. The highest BCUT2D eigenvalue weighted by Crippen LogP contribution is 2.19. The number of carboxylic acid groups (broad SMARTS) is 1. The summed E-state index contributed by atoms with van der Waals surface area (Å²) in [6, 6.07) is 2.86. The molecular formula is C17H22FNO4. The van der Waals surface area contributed by atoms with Crippen molar-refractivity contribution in [3.8, 4) is 0 Å². The Morgan fingerprint density at radius 2 is 2.22 bits per heavy atom. The Balaban J connectivity index is 1.94. The van der Waals surface area contributed by atoms with Gasteiger partial charge in [-0.1, -0.05) is 12.1 Å². The second-order valence-corrected chi connectivity index (χ2v) is 5.87. The monoisotopic (exact) mass is 323 g/mol. The SMILES string of the molecule is Cc1cc(C(NC(=O)CCC2CCCCO2)C(=O)O)ccc1F. The number of amides is 1. The standard InChI is InChI=1S/C17H22FNO4/c1-11-10-12(5-7-14(11)18)16(17(21)22)19-15(20)8-6-13-4-2-3-9-23-13/h5,7,10,13,16H,2-4,6,8-9H2,1H3,(H,19,20)(H,21,22). The molecule has 5 nitrogen and oxygen atoms in total. The van der Waals surface area contributed by atoms with Gasteiger partial charge in [-0.2, -0.15) is 0 Å². The lowest BCUT2D eigenvalue weighted by molar-refractivity contribution is -0.142. The molecule has 2 rings (SSSR count). The lowest BCUT2D eigenvalue weighted by atomic mass is 10.0. The number of hydrogen-bond donors (Lipinski definition) is 2. The highest BCUT2D eigenvalue weighted by molar-refractivity contribution is 5.84. The molecule has 2 unspecified atom stereocenters. The van der Waals surface area contributed by atoms with Crippen molar-refractivity contribution in [3.63, 3.8) is 0 Å². The van der Waals surface area contributed by atoms with Crippen molar-refractivity contribution in [3.05, 3.63) is 35.1 Å². The number of aliphatic carboxylic acids is 1. The Kier molecular flexibility index (Phi) is 6.10. The maximum atomic E-state index is 13.3. The summed E-state index contributed by atoms with van der Waals surface area (Å²) in [5.74, 6) is -1.91. The van der Waals surface area contributed by atoms with E-state index in [1.165, 1.54) is 18.2 Å². The maximum Gasteiger partial charge on any atom is 0.330 e. The molecule has 1 aromatic rings. The maximum absolute atomic E-state index is 13.3. The molecule has 1 aliphatic heterocycles. The lowest BCUT2D eigenvalue weighted by Gasteiger charge is -2.22. The molecule has 0 saturated carbocycles. The third-order valence-corrected chi connectivity index (χ3v) is 4.03. The predicted octanol–water partition coefficient (Wildman–Crippen LogP) is 2.73. The highest BCUT2D eigenvalue weighted by atomic mass is 19.1. The van der Waals surface area contributed by atoms with E-state index < -0.39 is 17.8 Å². The predicted molar refractivity (Wildman–Crippen MR) is 82.5 cm³/mol. The van der Waals surface area contributed by atoms with Crippen LogP contribution in [0.1, 0.15) is 49.3 Å². The minimum absolute atomic E-state index is 0.0749. The van der Waals surface area contributed by atoms with Crippen molar-refractivity contribution in [2.75, 3.05) is 6.61 Å². The number of carbonyl (C=O) groups is 2. The first-order chi connectivity index (χ1) is 11.0. The van der Waals surface area contributed by atoms with E-state index in [4.69, 9.17) is 4.74 Å². The minimum Gasteiger partial charge on any atom is -0.479 e. The van der Waals surface area contributed by atoms with E-state index in [0.29, 0.717) is 17.5 Å². The summed E-state index contributed by atoms with van der Waals surface area (Å²) in [7, 11) is 0. The second-order valence-electron chi connectivity index (χ2n) is 5.87. The van der Waals surface area contributed by atoms with Gasteiger partial charge in [0.2, 0.25) is 5.91 Å². The first kappa shape index (κ1) is 17.4. The molecule has 1 aromatic carbocycles. The smallest absolute Gasteiger partial charge is 0.330 e. The van der Waals surface area contributed by atoms with Crippen LogP contribution in [0.3, 0.4) is 0 Å². The number of nitrogens with one attached hydrogen (secondary N) is 1. The van der Waals surface area contributed by atoms with Crippen molar-refractivity contribution in [1.82, 2.24) is 5.32 Å². The van der Waals surface area contributed by atoms with E-state index in [1.807, 2.05) is 0 Å². The number of hydrogen-bond acceptors (Lipinski definition) is 3. The normalized spacial score (nSPS) is 19.1. The van der Waals surface area contributed by atoms with Gasteiger partial charge in [0.25, 0.3) is 0 Å². The zero-order valence-electron chi connectivity index (χ0n) is 13.2. The quantitative estimate of drug-likeness (QED) is 0.844. The summed E-state index contributed by atoms with van der Waals surface area (Å²) in [6.07, 6.45) is 3.96. The highest BCUT2D eigenvalue weighted by Gasteiger charge is 2.23. The van der Waals surface area contributed by atoms with Crippen LogP contribution in [0.2, 0.25) is 0 Å². The van der Waals surface area contributed by atoms with E-state index in [2.05, 4.69) is 5.32 Å². The molecular weight excluding hydrogens is 301 g/mol. The third-order valence-electron chi connectivity index (χ3n) is 4.03. The molecule has 6 heteroatoms. The number of rotatable bonds is 6. The summed E-state index contributed by atoms with van der Waals surface area (Å²) in [4.78, 5) is 23.4. The number of benzene rings is 1. The molecule has 23 heavy (non-hydrogen) atoms. The fraction of sp³-hybridized carbons (Fsp3) is 0.529. The molecule has 0 radical (unpaired) electrons. The molecule has 126 valence electrons. The third kappa shape index (κ3) is 5.03. The fourth-order valence-corrected chi connectivity index (χ4v) is 2.70. The second kappa shape index (κ2) is 8.06. The van der Waals surface area contributed by atoms with Crippen molar-refractivity contribution >= 4 is 11.9 Å². The minimum atomic E-state index is -1.17. The summed E-state index contributed by atoms with van der Waals surface area (Å²) in [6.45, 7) is 2.28. The van der Waals surface area contributed by atoms with Crippen LogP contribution in [-0.4, -0.2) is 29.7 Å². The zero-order chi connectivity index (χ0) is 16.8. The van der Waals surface area contributed by atoms with Gasteiger partial charge in [-0.25, -0.2) is 9.18 Å². The van der Waals surface area contributed by atoms with Crippen LogP contribution in [0.5, 0.6) is 0 Å². The summed E-state index contributed by atoms with van der Waals surface area (Å²) in [5, 5.41) is 11.8. The first-order valence-electron chi connectivity index (χ1n) is 7.87. The molecule has 2 atom stereocenters. The van der Waals surface area contributed by atoms with Crippen LogP contribution in [0.25, 0.3) is 0 Å². The van der Waals surface area contributed by atoms with Crippen LogP contribution in [0.15, 0.2) is 18.2 Å². The molecule has 1 amide bonds. The topological polar surface area (TPSA) is 75.6 Å². The van der Waals surface area contributed by atoms with Gasteiger partial charge >= 0.3 is 5.97 Å². The molecule has 2 N–H and O–H groups in total. The van der Waals surface area contributed by atoms with E-state index in [9.17, 15) is 19.1 Å². The number of ether oxygens (including phenoxy) is 1. The molecule has 1 fully saturated rings. The zero-order valence-corrected chi connectivity index (χ0v) is 13.2. The number of halogens is 1. The average Bonchev–Trinajstić information content (AvgIpc) is 2.54. The van der Waals surface area contributed by atoms with E-state index in [1.54, 1.807) is 6.92 Å². The van der Waals surface area contributed by atoms with Gasteiger partial charge in [0.15, 0.2) is 6.04 Å². The number of aryl methyl sites for hydroxylation is 1. The summed E-state index contributed by atoms with van der Waals surface area (Å²) >= 11 is 0.